The number of sulfonamides is 1. The topological polar surface area (TPSA) is 66.6 Å². The molecule has 1 aliphatic heterocycles. The average Bonchev–Trinajstić information content (AvgIpc) is 2.57. The quantitative estimate of drug-likeness (QED) is 0.914. The number of hydrogen-bond acceptors (Lipinski definition) is 4. The molecule has 24 heavy (non-hydrogen) atoms. The van der Waals surface area contributed by atoms with Crippen molar-refractivity contribution in [3.05, 3.63) is 59.9 Å². The summed E-state index contributed by atoms with van der Waals surface area (Å²) in [5, 5.41) is 5.11. The highest BCUT2D eigenvalue weighted by Gasteiger charge is 2.18. The van der Waals surface area contributed by atoms with E-state index in [9.17, 15) is 12.8 Å². The fraction of sp³-hybridized carbons (Fsp3) is 0.294. The number of hydrogen-bond donors (Lipinski definition) is 1. The molecular formula is C17H20FN3O2S. The minimum Gasteiger partial charge on any atom is -0.369 e. The lowest BCUT2D eigenvalue weighted by molar-refractivity contribution is 0.250. The van der Waals surface area contributed by atoms with E-state index in [0.29, 0.717) is 0 Å². The van der Waals surface area contributed by atoms with Crippen LogP contribution in [0.15, 0.2) is 53.4 Å². The van der Waals surface area contributed by atoms with Gasteiger partial charge in [-0.2, -0.15) is 0 Å². The average molecular weight is 349 g/mol. The summed E-state index contributed by atoms with van der Waals surface area (Å²) in [5.41, 5.74) is 2.09. The molecule has 0 saturated carbocycles. The Morgan fingerprint density at radius 2 is 1.50 bits per heavy atom. The molecule has 3 rings (SSSR count). The normalized spacial score (nSPS) is 16.3. The van der Waals surface area contributed by atoms with Crippen LogP contribution in [0.2, 0.25) is 0 Å². The van der Waals surface area contributed by atoms with Gasteiger partial charge in [-0.1, -0.05) is 12.1 Å². The van der Waals surface area contributed by atoms with E-state index < -0.39 is 10.0 Å². The fourth-order valence-corrected chi connectivity index (χ4v) is 3.37. The minimum atomic E-state index is -3.65. The standard InChI is InChI=1S/C17H20FN3O2S/c18-15-3-1-14(2-4-15)13-20-9-11-21(12-10-20)16-5-7-17(8-6-16)24(19,22)23/h1-8H,9-13H2,(H2,19,22,23). The Morgan fingerprint density at radius 1 is 0.917 bits per heavy atom. The first-order valence-corrected chi connectivity index (χ1v) is 9.31. The second-order valence-electron chi connectivity index (χ2n) is 5.93. The van der Waals surface area contributed by atoms with E-state index in [-0.39, 0.29) is 10.7 Å². The molecule has 1 fully saturated rings. The van der Waals surface area contributed by atoms with Crippen LogP contribution in [-0.4, -0.2) is 39.5 Å². The van der Waals surface area contributed by atoms with Gasteiger partial charge < -0.3 is 4.90 Å². The number of piperazine rings is 1. The third kappa shape index (κ3) is 4.11. The Morgan fingerprint density at radius 3 is 2.04 bits per heavy atom. The lowest BCUT2D eigenvalue weighted by atomic mass is 10.2. The van der Waals surface area contributed by atoms with Gasteiger partial charge >= 0.3 is 0 Å². The predicted molar refractivity (Wildman–Crippen MR) is 91.7 cm³/mol. The molecule has 0 aliphatic carbocycles. The van der Waals surface area contributed by atoms with E-state index >= 15 is 0 Å². The van der Waals surface area contributed by atoms with Crippen molar-refractivity contribution in [2.75, 3.05) is 31.1 Å². The molecule has 0 radical (unpaired) electrons. The molecule has 1 saturated heterocycles. The molecule has 0 amide bonds. The molecule has 128 valence electrons. The predicted octanol–water partition coefficient (Wildman–Crippen LogP) is 1.80. The molecule has 7 heteroatoms. The van der Waals surface area contributed by atoms with E-state index in [4.69, 9.17) is 5.14 Å². The SMILES string of the molecule is NS(=O)(=O)c1ccc(N2CCN(Cc3ccc(F)cc3)CC2)cc1. The Kier molecular flexibility index (Phi) is 4.84. The maximum atomic E-state index is 12.9. The third-order valence-electron chi connectivity index (χ3n) is 4.22. The van der Waals surface area contributed by atoms with Crippen LogP contribution >= 0.6 is 0 Å². The van der Waals surface area contributed by atoms with Crippen LogP contribution in [0, 0.1) is 5.82 Å². The zero-order chi connectivity index (χ0) is 17.2. The molecular weight excluding hydrogens is 329 g/mol. The zero-order valence-electron chi connectivity index (χ0n) is 13.2. The smallest absolute Gasteiger partial charge is 0.238 e. The Hall–Kier alpha value is -1.96. The molecule has 2 aromatic rings. The molecule has 2 N–H and O–H groups in total. The van der Waals surface area contributed by atoms with Gasteiger partial charge in [0.25, 0.3) is 0 Å². The number of halogens is 1. The van der Waals surface area contributed by atoms with E-state index in [1.54, 1.807) is 12.1 Å². The molecule has 5 nitrogen and oxygen atoms in total. The monoisotopic (exact) mass is 349 g/mol. The number of anilines is 1. The summed E-state index contributed by atoms with van der Waals surface area (Å²) >= 11 is 0. The van der Waals surface area contributed by atoms with Crippen molar-refractivity contribution in [1.82, 2.24) is 4.90 Å². The number of rotatable bonds is 4. The minimum absolute atomic E-state index is 0.126. The summed E-state index contributed by atoms with van der Waals surface area (Å²) in [7, 11) is -3.65. The van der Waals surface area contributed by atoms with Gasteiger partial charge in [0.1, 0.15) is 5.82 Å². The van der Waals surface area contributed by atoms with Crippen LogP contribution in [0.25, 0.3) is 0 Å². The highest BCUT2D eigenvalue weighted by molar-refractivity contribution is 7.89. The van der Waals surface area contributed by atoms with Crippen molar-refractivity contribution >= 4 is 15.7 Å². The summed E-state index contributed by atoms with van der Waals surface area (Å²) in [4.78, 5) is 4.66. The highest BCUT2D eigenvalue weighted by Crippen LogP contribution is 2.19. The van der Waals surface area contributed by atoms with E-state index in [1.807, 2.05) is 12.1 Å². The zero-order valence-corrected chi connectivity index (χ0v) is 14.0. The van der Waals surface area contributed by atoms with E-state index in [1.165, 1.54) is 24.3 Å². The van der Waals surface area contributed by atoms with E-state index in [2.05, 4.69) is 9.80 Å². The number of nitrogens with zero attached hydrogens (tertiary/aromatic N) is 2. The molecule has 0 spiro atoms. The number of primary sulfonamides is 1. The van der Waals surface area contributed by atoms with Crippen molar-refractivity contribution in [1.29, 1.82) is 0 Å². The van der Waals surface area contributed by atoms with Gasteiger partial charge in [0, 0.05) is 38.4 Å². The second-order valence-corrected chi connectivity index (χ2v) is 7.49. The molecule has 0 unspecified atom stereocenters. The summed E-state index contributed by atoms with van der Waals surface area (Å²) in [5.74, 6) is -0.216. The van der Waals surface area contributed by atoms with Gasteiger partial charge in [-0.15, -0.1) is 0 Å². The summed E-state index contributed by atoms with van der Waals surface area (Å²) in [6, 6.07) is 13.2. The van der Waals surface area contributed by atoms with Crippen LogP contribution in [0.3, 0.4) is 0 Å². The molecule has 1 aliphatic rings. The first-order chi connectivity index (χ1) is 11.4. The highest BCUT2D eigenvalue weighted by atomic mass is 32.2. The van der Waals surface area contributed by atoms with Crippen LogP contribution in [0.5, 0.6) is 0 Å². The summed E-state index contributed by atoms with van der Waals surface area (Å²) in [6.07, 6.45) is 0. The van der Waals surface area contributed by atoms with Crippen LogP contribution < -0.4 is 10.0 Å². The van der Waals surface area contributed by atoms with Crippen molar-refractivity contribution in [2.24, 2.45) is 5.14 Å². The van der Waals surface area contributed by atoms with Crippen molar-refractivity contribution in [3.8, 4) is 0 Å². The third-order valence-corrected chi connectivity index (χ3v) is 5.15. The van der Waals surface area contributed by atoms with Crippen molar-refractivity contribution < 1.29 is 12.8 Å². The second kappa shape index (κ2) is 6.88. The first-order valence-electron chi connectivity index (χ1n) is 7.76. The Balaban J connectivity index is 1.57. The van der Waals surface area contributed by atoms with Gasteiger partial charge in [-0.25, -0.2) is 17.9 Å². The summed E-state index contributed by atoms with van der Waals surface area (Å²) in [6.45, 7) is 4.31. The molecule has 2 aromatic carbocycles. The molecule has 0 bridgehead atoms. The lowest BCUT2D eigenvalue weighted by Crippen LogP contribution is -2.45. The molecule has 0 atom stereocenters. The maximum Gasteiger partial charge on any atom is 0.238 e. The largest absolute Gasteiger partial charge is 0.369 e. The van der Waals surface area contributed by atoms with Gasteiger partial charge in [0.05, 0.1) is 4.90 Å². The Labute approximate surface area is 141 Å². The van der Waals surface area contributed by atoms with Crippen molar-refractivity contribution in [3.63, 3.8) is 0 Å². The van der Waals surface area contributed by atoms with Crippen LogP contribution in [0.4, 0.5) is 10.1 Å². The van der Waals surface area contributed by atoms with Gasteiger partial charge in [0.2, 0.25) is 10.0 Å². The van der Waals surface area contributed by atoms with Crippen LogP contribution in [-0.2, 0) is 16.6 Å². The number of benzene rings is 2. The van der Waals surface area contributed by atoms with Gasteiger partial charge in [-0.05, 0) is 42.0 Å². The van der Waals surface area contributed by atoms with E-state index in [0.717, 1.165) is 44.0 Å². The molecule has 1 heterocycles. The number of nitrogens with two attached hydrogens (primary N) is 1. The van der Waals surface area contributed by atoms with Crippen LogP contribution in [0.1, 0.15) is 5.56 Å². The summed E-state index contributed by atoms with van der Waals surface area (Å²) < 4.78 is 35.5. The maximum absolute atomic E-state index is 12.9. The first kappa shape index (κ1) is 16.9. The Bertz CT molecular complexity index is 784. The molecule has 0 aromatic heterocycles. The fourth-order valence-electron chi connectivity index (χ4n) is 2.86. The van der Waals surface area contributed by atoms with Crippen molar-refractivity contribution in [2.45, 2.75) is 11.4 Å². The van der Waals surface area contributed by atoms with Gasteiger partial charge in [0.15, 0.2) is 0 Å². The lowest BCUT2D eigenvalue weighted by Gasteiger charge is -2.36. The van der Waals surface area contributed by atoms with Gasteiger partial charge in [-0.3, -0.25) is 4.90 Å².